The monoisotopic (exact) mass is 258 g/mol. The molecule has 1 fully saturated rings. The molecule has 0 aromatic heterocycles. The molecule has 0 aromatic carbocycles. The zero-order chi connectivity index (χ0) is 12.9. The highest BCUT2D eigenvalue weighted by Crippen LogP contribution is 2.33. The second-order valence-electron chi connectivity index (χ2n) is 6.06. The Morgan fingerprint density at radius 2 is 1.94 bits per heavy atom. The predicted molar refractivity (Wildman–Crippen MR) is 79.9 cm³/mol. The van der Waals surface area contributed by atoms with Gasteiger partial charge in [0.05, 0.1) is 0 Å². The third kappa shape index (κ3) is 4.46. The van der Waals surface area contributed by atoms with Crippen molar-refractivity contribution in [1.29, 1.82) is 0 Å². The van der Waals surface area contributed by atoms with Crippen molar-refractivity contribution in [3.63, 3.8) is 0 Å². The highest BCUT2D eigenvalue weighted by molar-refractivity contribution is 8.00. The number of thioether (sulfide) groups is 1. The molecule has 0 unspecified atom stereocenters. The average molecular weight is 258 g/mol. The fourth-order valence-electron chi connectivity index (χ4n) is 2.88. The van der Waals surface area contributed by atoms with Gasteiger partial charge < -0.3 is 10.2 Å². The van der Waals surface area contributed by atoms with Crippen LogP contribution in [-0.4, -0.2) is 48.6 Å². The first-order valence-corrected chi connectivity index (χ1v) is 7.96. The zero-order valence-corrected chi connectivity index (χ0v) is 13.1. The summed E-state index contributed by atoms with van der Waals surface area (Å²) in [5.74, 6) is 1.29. The summed E-state index contributed by atoms with van der Waals surface area (Å²) in [5.41, 5.74) is 0.465. The van der Waals surface area contributed by atoms with E-state index < -0.39 is 0 Å². The molecule has 102 valence electrons. The molecule has 0 bridgehead atoms. The molecule has 3 heteroatoms. The lowest BCUT2D eigenvalue weighted by Crippen LogP contribution is -2.49. The van der Waals surface area contributed by atoms with Gasteiger partial charge in [0.15, 0.2) is 0 Å². The van der Waals surface area contributed by atoms with E-state index in [1.54, 1.807) is 0 Å². The van der Waals surface area contributed by atoms with Crippen molar-refractivity contribution in [1.82, 2.24) is 10.2 Å². The van der Waals surface area contributed by atoms with E-state index in [-0.39, 0.29) is 0 Å². The van der Waals surface area contributed by atoms with Crippen molar-refractivity contribution in [2.24, 2.45) is 5.41 Å². The maximum Gasteiger partial charge on any atom is 0.0231 e. The molecule has 0 radical (unpaired) electrons. The molecule has 1 heterocycles. The van der Waals surface area contributed by atoms with Gasteiger partial charge in [-0.1, -0.05) is 13.8 Å². The number of rotatable bonds is 6. The van der Waals surface area contributed by atoms with Crippen molar-refractivity contribution in [2.45, 2.75) is 45.3 Å². The van der Waals surface area contributed by atoms with Gasteiger partial charge in [0, 0.05) is 36.7 Å². The Morgan fingerprint density at radius 3 is 2.41 bits per heavy atom. The molecule has 0 saturated carbocycles. The van der Waals surface area contributed by atoms with Gasteiger partial charge in [0.1, 0.15) is 0 Å². The summed E-state index contributed by atoms with van der Waals surface area (Å²) in [5, 5.41) is 3.39. The second-order valence-corrected chi connectivity index (χ2v) is 7.86. The Labute approximate surface area is 112 Å². The molecule has 1 aliphatic heterocycles. The van der Waals surface area contributed by atoms with E-state index >= 15 is 0 Å². The molecule has 0 amide bonds. The molecule has 17 heavy (non-hydrogen) atoms. The van der Waals surface area contributed by atoms with E-state index in [0.29, 0.717) is 10.2 Å². The Morgan fingerprint density at radius 1 is 1.29 bits per heavy atom. The van der Waals surface area contributed by atoms with Crippen LogP contribution in [0.1, 0.15) is 40.5 Å². The van der Waals surface area contributed by atoms with Crippen LogP contribution in [0, 0.1) is 5.41 Å². The normalized spacial score (nSPS) is 21.7. The molecule has 1 rings (SSSR count). The first-order valence-electron chi connectivity index (χ1n) is 6.98. The van der Waals surface area contributed by atoms with E-state index in [0.717, 1.165) is 6.54 Å². The van der Waals surface area contributed by atoms with Crippen molar-refractivity contribution in [3.8, 4) is 0 Å². The average Bonchev–Trinajstić information content (AvgIpc) is 2.27. The number of hydrogen-bond donors (Lipinski definition) is 1. The van der Waals surface area contributed by atoms with Crippen molar-refractivity contribution >= 4 is 11.8 Å². The molecule has 1 saturated heterocycles. The topological polar surface area (TPSA) is 15.3 Å². The van der Waals surface area contributed by atoms with Gasteiger partial charge in [-0.15, -0.1) is 0 Å². The summed E-state index contributed by atoms with van der Waals surface area (Å²) in [6.07, 6.45) is 2.54. The van der Waals surface area contributed by atoms with Crippen LogP contribution in [0.2, 0.25) is 0 Å². The smallest absolute Gasteiger partial charge is 0.0231 e. The molecule has 0 atom stereocenters. The van der Waals surface area contributed by atoms with Gasteiger partial charge in [-0.3, -0.25) is 0 Å². The van der Waals surface area contributed by atoms with Crippen LogP contribution in [0.3, 0.4) is 0 Å². The summed E-state index contributed by atoms with van der Waals surface area (Å²) in [4.78, 5) is 2.68. The first kappa shape index (κ1) is 15.3. The van der Waals surface area contributed by atoms with E-state index in [1.807, 2.05) is 0 Å². The maximum absolute atomic E-state index is 3.39. The zero-order valence-electron chi connectivity index (χ0n) is 12.3. The highest BCUT2D eigenvalue weighted by atomic mass is 32.2. The quantitative estimate of drug-likeness (QED) is 0.789. The van der Waals surface area contributed by atoms with E-state index in [9.17, 15) is 0 Å². The number of hydrogen-bond acceptors (Lipinski definition) is 3. The largest absolute Gasteiger partial charge is 0.319 e. The Hall–Kier alpha value is 0.270. The van der Waals surface area contributed by atoms with Gasteiger partial charge in [0.25, 0.3) is 0 Å². The van der Waals surface area contributed by atoms with Gasteiger partial charge >= 0.3 is 0 Å². The van der Waals surface area contributed by atoms with Crippen LogP contribution in [0.25, 0.3) is 0 Å². The van der Waals surface area contributed by atoms with Crippen LogP contribution >= 0.6 is 11.8 Å². The van der Waals surface area contributed by atoms with Gasteiger partial charge in [-0.25, -0.2) is 0 Å². The minimum Gasteiger partial charge on any atom is -0.319 e. The molecule has 0 aliphatic carbocycles. The van der Waals surface area contributed by atoms with Gasteiger partial charge in [-0.2, -0.15) is 11.8 Å². The minimum atomic E-state index is 0.436. The standard InChI is InChI=1S/C14H30N2S/c1-6-14(7-2,10-15-5)12-16-8-9-17-13(3,4)11-16/h15H,6-12H2,1-5H3. The van der Waals surface area contributed by atoms with E-state index in [4.69, 9.17) is 0 Å². The summed E-state index contributed by atoms with van der Waals surface area (Å²) in [7, 11) is 2.08. The third-order valence-corrected chi connectivity index (χ3v) is 5.41. The molecule has 1 N–H and O–H groups in total. The Kier molecular flexibility index (Phi) is 5.81. The summed E-state index contributed by atoms with van der Waals surface area (Å²) >= 11 is 2.12. The lowest BCUT2D eigenvalue weighted by atomic mass is 9.81. The first-order chi connectivity index (χ1) is 7.97. The van der Waals surface area contributed by atoms with Crippen molar-refractivity contribution in [3.05, 3.63) is 0 Å². The summed E-state index contributed by atoms with van der Waals surface area (Å²) < 4.78 is 0.436. The molecule has 0 aromatic rings. The maximum atomic E-state index is 3.39. The lowest BCUT2D eigenvalue weighted by molar-refractivity contribution is 0.132. The SMILES string of the molecule is CCC(CC)(CNC)CN1CCSC(C)(C)C1. The van der Waals surface area contributed by atoms with Crippen molar-refractivity contribution < 1.29 is 0 Å². The van der Waals surface area contributed by atoms with Crippen LogP contribution in [0.15, 0.2) is 0 Å². The molecular formula is C14H30N2S. The van der Waals surface area contributed by atoms with Crippen molar-refractivity contribution in [2.75, 3.05) is 39.0 Å². The Balaban J connectivity index is 2.60. The summed E-state index contributed by atoms with van der Waals surface area (Å²) in [6.45, 7) is 14.3. The highest BCUT2D eigenvalue weighted by Gasteiger charge is 2.33. The van der Waals surface area contributed by atoms with Crippen LogP contribution in [0.5, 0.6) is 0 Å². The Bertz CT molecular complexity index is 224. The van der Waals surface area contributed by atoms with Gasteiger partial charge in [-0.05, 0) is 39.2 Å². The third-order valence-electron chi connectivity index (χ3n) is 4.12. The van der Waals surface area contributed by atoms with E-state index in [2.05, 4.69) is 56.7 Å². The minimum absolute atomic E-state index is 0.436. The van der Waals surface area contributed by atoms with Crippen LogP contribution in [-0.2, 0) is 0 Å². The fraction of sp³-hybridized carbons (Fsp3) is 1.00. The summed E-state index contributed by atoms with van der Waals surface area (Å²) in [6, 6.07) is 0. The second kappa shape index (κ2) is 6.44. The van der Waals surface area contributed by atoms with Crippen LogP contribution in [0.4, 0.5) is 0 Å². The molecule has 2 nitrogen and oxygen atoms in total. The number of nitrogens with one attached hydrogen (secondary N) is 1. The lowest BCUT2D eigenvalue weighted by Gasteiger charge is -2.43. The molecule has 0 spiro atoms. The fourth-order valence-corrected chi connectivity index (χ4v) is 4.05. The molecule has 1 aliphatic rings. The van der Waals surface area contributed by atoms with Crippen LogP contribution < -0.4 is 5.32 Å². The number of nitrogens with zero attached hydrogens (tertiary/aromatic N) is 1. The predicted octanol–water partition coefficient (Wildman–Crippen LogP) is 2.84. The molecular weight excluding hydrogens is 228 g/mol. The van der Waals surface area contributed by atoms with E-state index in [1.165, 1.54) is 38.2 Å². The van der Waals surface area contributed by atoms with Gasteiger partial charge in [0.2, 0.25) is 0 Å².